The van der Waals surface area contributed by atoms with Crippen molar-refractivity contribution in [3.05, 3.63) is 59.1 Å². The van der Waals surface area contributed by atoms with Crippen LogP contribution < -0.4 is 14.4 Å². The number of nitrogens with zero attached hydrogens (tertiary/aromatic N) is 2. The molecule has 2 amide bonds. The highest BCUT2D eigenvalue weighted by molar-refractivity contribution is 7.92. The lowest BCUT2D eigenvalue weighted by atomic mass is 10.1. The molecule has 2 aromatic rings. The van der Waals surface area contributed by atoms with E-state index in [0.717, 1.165) is 16.1 Å². The third-order valence-electron chi connectivity index (χ3n) is 5.19. The Hall–Kier alpha value is -2.78. The lowest BCUT2D eigenvalue weighted by Crippen LogP contribution is -2.55. The summed E-state index contributed by atoms with van der Waals surface area (Å²) in [7, 11) is -2.24. The average molecular weight is 524 g/mol. The fourth-order valence-corrected chi connectivity index (χ4v) is 4.50. The number of ether oxygens (including phenoxy) is 1. The van der Waals surface area contributed by atoms with Crippen LogP contribution in [0.15, 0.2) is 48.5 Å². The highest BCUT2D eigenvalue weighted by atomic mass is 35.5. The second-order valence-electron chi connectivity index (χ2n) is 9.28. The molecule has 0 bridgehead atoms. The van der Waals surface area contributed by atoms with Crippen LogP contribution >= 0.6 is 11.6 Å². The van der Waals surface area contributed by atoms with Gasteiger partial charge < -0.3 is 15.0 Å². The van der Waals surface area contributed by atoms with Crippen LogP contribution in [0, 0.1) is 0 Å². The van der Waals surface area contributed by atoms with Crippen LogP contribution in [0.5, 0.6) is 5.75 Å². The fraction of sp³-hybridized carbons (Fsp3) is 0.440. The van der Waals surface area contributed by atoms with Gasteiger partial charge in [0.2, 0.25) is 21.8 Å². The van der Waals surface area contributed by atoms with Gasteiger partial charge in [0.15, 0.2) is 0 Å². The Kier molecular flexibility index (Phi) is 9.57. The van der Waals surface area contributed by atoms with Gasteiger partial charge in [-0.3, -0.25) is 13.9 Å². The maximum atomic E-state index is 13.6. The first-order chi connectivity index (χ1) is 16.2. The Morgan fingerprint density at radius 2 is 1.63 bits per heavy atom. The summed E-state index contributed by atoms with van der Waals surface area (Å²) in [4.78, 5) is 28.2. The summed E-state index contributed by atoms with van der Waals surface area (Å²) in [6.07, 6.45) is 1.38. The molecule has 2 aromatic carbocycles. The highest BCUT2D eigenvalue weighted by Crippen LogP contribution is 2.22. The molecule has 0 saturated heterocycles. The van der Waals surface area contributed by atoms with Crippen molar-refractivity contribution in [1.82, 2.24) is 10.2 Å². The molecule has 2 rings (SSSR count). The number of methoxy groups -OCH3 is 1. The Bertz CT molecular complexity index is 1110. The number of amides is 2. The smallest absolute Gasteiger partial charge is 0.244 e. The summed E-state index contributed by atoms with van der Waals surface area (Å²) in [5, 5.41) is 3.38. The maximum absolute atomic E-state index is 13.6. The average Bonchev–Trinajstić information content (AvgIpc) is 2.76. The summed E-state index contributed by atoms with van der Waals surface area (Å²) in [5.74, 6) is -0.147. The van der Waals surface area contributed by atoms with E-state index >= 15 is 0 Å². The van der Waals surface area contributed by atoms with Gasteiger partial charge in [0.1, 0.15) is 18.3 Å². The lowest BCUT2D eigenvalue weighted by Gasteiger charge is -2.34. The van der Waals surface area contributed by atoms with E-state index in [9.17, 15) is 18.0 Å². The van der Waals surface area contributed by atoms with Crippen molar-refractivity contribution in [2.75, 3.05) is 24.2 Å². The zero-order valence-electron chi connectivity index (χ0n) is 21.0. The van der Waals surface area contributed by atoms with Crippen molar-refractivity contribution >= 4 is 39.1 Å². The van der Waals surface area contributed by atoms with E-state index in [4.69, 9.17) is 16.3 Å². The van der Waals surface area contributed by atoms with Crippen LogP contribution in [-0.2, 0) is 26.2 Å². The SMILES string of the molecule is CC[C@@H](C(=O)NC(C)(C)C)N(Cc1ccc(OC)cc1)C(=O)CN(c1ccc(Cl)cc1)S(C)(=O)=O. The first kappa shape index (κ1) is 28.5. The van der Waals surface area contributed by atoms with E-state index in [1.54, 1.807) is 43.5 Å². The molecule has 0 unspecified atom stereocenters. The van der Waals surface area contributed by atoms with Gasteiger partial charge >= 0.3 is 0 Å². The number of carbonyl (C=O) groups is 2. The van der Waals surface area contributed by atoms with Gasteiger partial charge in [-0.2, -0.15) is 0 Å². The van der Waals surface area contributed by atoms with Gasteiger partial charge in [-0.05, 0) is 69.2 Å². The molecule has 0 radical (unpaired) electrons. The molecule has 0 fully saturated rings. The minimum atomic E-state index is -3.80. The molecule has 0 aliphatic heterocycles. The Balaban J connectivity index is 2.44. The quantitative estimate of drug-likeness (QED) is 0.510. The van der Waals surface area contributed by atoms with E-state index in [1.807, 2.05) is 27.7 Å². The Morgan fingerprint density at radius 1 is 1.06 bits per heavy atom. The second kappa shape index (κ2) is 11.8. The van der Waals surface area contributed by atoms with Crippen molar-refractivity contribution in [3.63, 3.8) is 0 Å². The number of nitrogens with one attached hydrogen (secondary N) is 1. The normalized spacial score (nSPS) is 12.5. The fourth-order valence-electron chi connectivity index (χ4n) is 3.52. The summed E-state index contributed by atoms with van der Waals surface area (Å²) >= 11 is 5.95. The zero-order valence-corrected chi connectivity index (χ0v) is 22.6. The molecule has 0 aromatic heterocycles. The maximum Gasteiger partial charge on any atom is 0.244 e. The molecule has 35 heavy (non-hydrogen) atoms. The molecule has 10 heteroatoms. The number of hydrogen-bond acceptors (Lipinski definition) is 5. The van der Waals surface area contributed by atoms with Gasteiger partial charge in [-0.25, -0.2) is 8.42 Å². The number of rotatable bonds is 10. The van der Waals surface area contributed by atoms with Gasteiger partial charge in [-0.1, -0.05) is 30.7 Å². The van der Waals surface area contributed by atoms with Crippen LogP contribution in [0.3, 0.4) is 0 Å². The molecule has 8 nitrogen and oxygen atoms in total. The predicted molar refractivity (Wildman–Crippen MR) is 139 cm³/mol. The van der Waals surface area contributed by atoms with E-state index in [-0.39, 0.29) is 12.5 Å². The summed E-state index contributed by atoms with van der Waals surface area (Å²) in [6, 6.07) is 12.5. The second-order valence-corrected chi connectivity index (χ2v) is 11.6. The molecule has 0 aliphatic rings. The molecule has 192 valence electrons. The number of carbonyl (C=O) groups excluding carboxylic acids is 2. The lowest BCUT2D eigenvalue weighted by molar-refractivity contribution is -0.141. The monoisotopic (exact) mass is 523 g/mol. The summed E-state index contributed by atoms with van der Waals surface area (Å²) in [5.41, 5.74) is 0.585. The van der Waals surface area contributed by atoms with Crippen LogP contribution in [-0.4, -0.2) is 56.6 Å². The van der Waals surface area contributed by atoms with Crippen LogP contribution in [0.1, 0.15) is 39.7 Å². The molecular formula is C25H34ClN3O5S. The Morgan fingerprint density at radius 3 is 2.09 bits per heavy atom. The molecule has 0 heterocycles. The topological polar surface area (TPSA) is 96.0 Å². The third-order valence-corrected chi connectivity index (χ3v) is 6.58. The van der Waals surface area contributed by atoms with Crippen molar-refractivity contribution in [2.24, 2.45) is 0 Å². The van der Waals surface area contributed by atoms with E-state index < -0.39 is 34.1 Å². The standard InChI is InChI=1S/C25H34ClN3O5S/c1-7-22(24(31)27-25(2,3)4)28(16-18-8-14-21(34-5)15-9-18)23(30)17-29(35(6,32)33)20-12-10-19(26)11-13-20/h8-15,22H,7,16-17H2,1-6H3,(H,27,31)/t22-/m0/s1. The minimum Gasteiger partial charge on any atom is -0.497 e. The zero-order chi connectivity index (χ0) is 26.4. The van der Waals surface area contributed by atoms with Crippen molar-refractivity contribution in [2.45, 2.75) is 52.2 Å². The summed E-state index contributed by atoms with van der Waals surface area (Å²) in [6.45, 7) is 7.05. The summed E-state index contributed by atoms with van der Waals surface area (Å²) < 4.78 is 31.4. The molecule has 0 spiro atoms. The first-order valence-electron chi connectivity index (χ1n) is 11.2. The number of halogens is 1. The van der Waals surface area contributed by atoms with E-state index in [0.29, 0.717) is 22.9 Å². The van der Waals surface area contributed by atoms with Gasteiger partial charge in [0, 0.05) is 17.1 Å². The predicted octanol–water partition coefficient (Wildman–Crippen LogP) is 3.84. The van der Waals surface area contributed by atoms with E-state index in [2.05, 4.69) is 5.32 Å². The number of anilines is 1. The van der Waals surface area contributed by atoms with Gasteiger partial charge in [0.05, 0.1) is 19.1 Å². The van der Waals surface area contributed by atoms with Crippen LogP contribution in [0.25, 0.3) is 0 Å². The number of hydrogen-bond donors (Lipinski definition) is 1. The van der Waals surface area contributed by atoms with Crippen LogP contribution in [0.2, 0.25) is 5.02 Å². The number of sulfonamides is 1. The highest BCUT2D eigenvalue weighted by Gasteiger charge is 2.33. The third kappa shape index (κ3) is 8.43. The van der Waals surface area contributed by atoms with Crippen LogP contribution in [0.4, 0.5) is 5.69 Å². The van der Waals surface area contributed by atoms with Crippen molar-refractivity contribution in [1.29, 1.82) is 0 Å². The van der Waals surface area contributed by atoms with Gasteiger partial charge in [0.25, 0.3) is 0 Å². The van der Waals surface area contributed by atoms with Crippen molar-refractivity contribution in [3.8, 4) is 5.75 Å². The van der Waals surface area contributed by atoms with Crippen molar-refractivity contribution < 1.29 is 22.7 Å². The molecule has 1 atom stereocenters. The molecular weight excluding hydrogens is 490 g/mol. The Labute approximate surface area is 213 Å². The largest absolute Gasteiger partial charge is 0.497 e. The van der Waals surface area contributed by atoms with E-state index in [1.165, 1.54) is 17.0 Å². The minimum absolute atomic E-state index is 0.122. The molecule has 0 saturated carbocycles. The molecule has 0 aliphatic carbocycles. The molecule has 1 N–H and O–H groups in total. The first-order valence-corrected chi connectivity index (χ1v) is 13.5. The van der Waals surface area contributed by atoms with Gasteiger partial charge in [-0.15, -0.1) is 0 Å². The number of benzene rings is 2.